The second-order valence-electron chi connectivity index (χ2n) is 4.35. The Hall–Kier alpha value is -0.800. The summed E-state index contributed by atoms with van der Waals surface area (Å²) >= 11 is 0. The van der Waals surface area contributed by atoms with Crippen molar-refractivity contribution in [2.75, 3.05) is 26.7 Å². The third-order valence-electron chi connectivity index (χ3n) is 3.09. The summed E-state index contributed by atoms with van der Waals surface area (Å²) in [6.45, 7) is 5.15. The Morgan fingerprint density at radius 3 is 2.69 bits per heavy atom. The fourth-order valence-electron chi connectivity index (χ4n) is 1.94. The standard InChI is InChI=1S/C13H24N2O/c1-3-12(4-8-14)7-11-16-13-5-9-15(2)10-6-13/h3-4,8,13H,5-7,9-11,14H2,1-2H3/b8-4-,12-3+. The van der Waals surface area contributed by atoms with E-state index in [1.54, 1.807) is 6.20 Å². The SMILES string of the molecule is C/C=C(\C=C/N)CCOC1CCN(C)CC1. The normalized spacial score (nSPS) is 20.8. The average Bonchev–Trinajstić information content (AvgIpc) is 2.30. The molecule has 0 atom stereocenters. The van der Waals surface area contributed by atoms with Gasteiger partial charge in [0.1, 0.15) is 0 Å². The van der Waals surface area contributed by atoms with Gasteiger partial charge in [-0.05, 0) is 51.1 Å². The fraction of sp³-hybridized carbons (Fsp3) is 0.692. The van der Waals surface area contributed by atoms with Crippen LogP contribution < -0.4 is 5.73 Å². The van der Waals surface area contributed by atoms with Gasteiger partial charge in [0.25, 0.3) is 0 Å². The highest BCUT2D eigenvalue weighted by Crippen LogP contribution is 2.13. The maximum atomic E-state index is 5.87. The van der Waals surface area contributed by atoms with Gasteiger partial charge in [-0.2, -0.15) is 0 Å². The molecule has 1 saturated heterocycles. The lowest BCUT2D eigenvalue weighted by molar-refractivity contribution is 0.0144. The Balaban J connectivity index is 2.15. The molecule has 0 aromatic carbocycles. The van der Waals surface area contributed by atoms with Crippen molar-refractivity contribution in [3.63, 3.8) is 0 Å². The third-order valence-corrected chi connectivity index (χ3v) is 3.09. The van der Waals surface area contributed by atoms with Crippen molar-refractivity contribution < 1.29 is 4.74 Å². The van der Waals surface area contributed by atoms with Gasteiger partial charge >= 0.3 is 0 Å². The number of hydrogen-bond acceptors (Lipinski definition) is 3. The molecule has 92 valence electrons. The Morgan fingerprint density at radius 2 is 2.12 bits per heavy atom. The molecule has 3 nitrogen and oxygen atoms in total. The van der Waals surface area contributed by atoms with E-state index in [1.165, 1.54) is 5.57 Å². The van der Waals surface area contributed by atoms with Crippen molar-refractivity contribution in [1.29, 1.82) is 0 Å². The molecule has 1 aliphatic rings. The van der Waals surface area contributed by atoms with Crippen molar-refractivity contribution in [2.24, 2.45) is 5.73 Å². The van der Waals surface area contributed by atoms with Crippen molar-refractivity contribution in [2.45, 2.75) is 32.3 Å². The predicted molar refractivity (Wildman–Crippen MR) is 68.2 cm³/mol. The van der Waals surface area contributed by atoms with Crippen LogP contribution in [0.15, 0.2) is 23.9 Å². The summed E-state index contributed by atoms with van der Waals surface area (Å²) < 4.78 is 5.87. The van der Waals surface area contributed by atoms with Gasteiger partial charge in [0, 0.05) is 13.1 Å². The highest BCUT2D eigenvalue weighted by molar-refractivity contribution is 5.16. The fourth-order valence-corrected chi connectivity index (χ4v) is 1.94. The second kappa shape index (κ2) is 7.47. The number of piperidine rings is 1. The van der Waals surface area contributed by atoms with Gasteiger partial charge in [0.05, 0.1) is 12.7 Å². The van der Waals surface area contributed by atoms with Crippen molar-refractivity contribution in [1.82, 2.24) is 4.90 Å². The summed E-state index contributed by atoms with van der Waals surface area (Å²) in [4.78, 5) is 2.36. The quantitative estimate of drug-likeness (QED) is 0.725. The molecule has 0 spiro atoms. The molecule has 0 unspecified atom stereocenters. The summed E-state index contributed by atoms with van der Waals surface area (Å²) in [5.41, 5.74) is 6.61. The Kier molecular flexibility index (Phi) is 6.19. The molecular formula is C13H24N2O. The first-order valence-corrected chi connectivity index (χ1v) is 6.10. The van der Waals surface area contributed by atoms with Gasteiger partial charge in [-0.15, -0.1) is 0 Å². The molecule has 0 amide bonds. The summed E-state index contributed by atoms with van der Waals surface area (Å²) in [5, 5.41) is 0. The molecular weight excluding hydrogens is 200 g/mol. The van der Waals surface area contributed by atoms with Crippen molar-refractivity contribution >= 4 is 0 Å². The molecule has 0 radical (unpaired) electrons. The topological polar surface area (TPSA) is 38.5 Å². The zero-order valence-electron chi connectivity index (χ0n) is 10.5. The van der Waals surface area contributed by atoms with Crippen LogP contribution >= 0.6 is 0 Å². The minimum absolute atomic E-state index is 0.455. The van der Waals surface area contributed by atoms with Gasteiger partial charge in [0.15, 0.2) is 0 Å². The van der Waals surface area contributed by atoms with E-state index in [2.05, 4.69) is 18.0 Å². The van der Waals surface area contributed by atoms with Gasteiger partial charge < -0.3 is 15.4 Å². The molecule has 0 aromatic rings. The van der Waals surface area contributed by atoms with Crippen LogP contribution in [0.5, 0.6) is 0 Å². The zero-order valence-corrected chi connectivity index (χ0v) is 10.5. The first kappa shape index (κ1) is 13.3. The van der Waals surface area contributed by atoms with Crippen LogP contribution in [0, 0.1) is 0 Å². The molecule has 1 heterocycles. The summed E-state index contributed by atoms with van der Waals surface area (Å²) in [6.07, 6.45) is 9.35. The van der Waals surface area contributed by atoms with Crippen molar-refractivity contribution in [3.8, 4) is 0 Å². The van der Waals surface area contributed by atoms with Gasteiger partial charge in [-0.1, -0.05) is 6.08 Å². The number of allylic oxidation sites excluding steroid dienone is 2. The summed E-state index contributed by atoms with van der Waals surface area (Å²) in [6, 6.07) is 0. The molecule has 1 aliphatic heterocycles. The summed E-state index contributed by atoms with van der Waals surface area (Å²) in [5.74, 6) is 0. The van der Waals surface area contributed by atoms with Crippen LogP contribution in [0.25, 0.3) is 0 Å². The average molecular weight is 224 g/mol. The van der Waals surface area contributed by atoms with Crippen molar-refractivity contribution in [3.05, 3.63) is 23.9 Å². The highest BCUT2D eigenvalue weighted by Gasteiger charge is 2.16. The zero-order chi connectivity index (χ0) is 11.8. The molecule has 16 heavy (non-hydrogen) atoms. The molecule has 0 bridgehead atoms. The molecule has 1 rings (SSSR count). The van der Waals surface area contributed by atoms with Crippen LogP contribution in [-0.4, -0.2) is 37.7 Å². The number of hydrogen-bond donors (Lipinski definition) is 1. The van der Waals surface area contributed by atoms with Crippen LogP contribution in [0.1, 0.15) is 26.2 Å². The van der Waals surface area contributed by atoms with E-state index in [1.807, 2.05) is 13.0 Å². The van der Waals surface area contributed by atoms with Crippen LogP contribution in [0.3, 0.4) is 0 Å². The lowest BCUT2D eigenvalue weighted by atomic mass is 10.1. The predicted octanol–water partition coefficient (Wildman–Crippen LogP) is 1.91. The summed E-state index contributed by atoms with van der Waals surface area (Å²) in [7, 11) is 2.17. The molecule has 1 fully saturated rings. The molecule has 2 N–H and O–H groups in total. The Labute approximate surface area is 98.9 Å². The third kappa shape index (κ3) is 4.81. The smallest absolute Gasteiger partial charge is 0.0599 e. The van der Waals surface area contributed by atoms with Gasteiger partial charge in [0.2, 0.25) is 0 Å². The van der Waals surface area contributed by atoms with Crippen LogP contribution in [0.2, 0.25) is 0 Å². The number of rotatable bonds is 5. The lowest BCUT2D eigenvalue weighted by Gasteiger charge is -2.28. The number of nitrogens with two attached hydrogens (primary N) is 1. The molecule has 0 saturated carbocycles. The van der Waals surface area contributed by atoms with E-state index in [4.69, 9.17) is 10.5 Å². The maximum absolute atomic E-state index is 5.87. The monoisotopic (exact) mass is 224 g/mol. The maximum Gasteiger partial charge on any atom is 0.0599 e. The number of nitrogens with zero attached hydrogens (tertiary/aromatic N) is 1. The Morgan fingerprint density at radius 1 is 1.44 bits per heavy atom. The highest BCUT2D eigenvalue weighted by atomic mass is 16.5. The van der Waals surface area contributed by atoms with E-state index in [0.717, 1.165) is 39.0 Å². The lowest BCUT2D eigenvalue weighted by Crippen LogP contribution is -2.34. The van der Waals surface area contributed by atoms with Crippen LogP contribution in [0.4, 0.5) is 0 Å². The van der Waals surface area contributed by atoms with Crippen LogP contribution in [-0.2, 0) is 4.74 Å². The second-order valence-corrected chi connectivity index (χ2v) is 4.35. The van der Waals surface area contributed by atoms with E-state index in [9.17, 15) is 0 Å². The first-order valence-electron chi connectivity index (χ1n) is 6.10. The van der Waals surface area contributed by atoms with E-state index < -0.39 is 0 Å². The molecule has 0 aliphatic carbocycles. The minimum Gasteiger partial charge on any atom is -0.405 e. The minimum atomic E-state index is 0.455. The molecule has 3 heteroatoms. The van der Waals surface area contributed by atoms with Gasteiger partial charge in [-0.3, -0.25) is 0 Å². The van der Waals surface area contributed by atoms with Gasteiger partial charge in [-0.25, -0.2) is 0 Å². The van der Waals surface area contributed by atoms with E-state index >= 15 is 0 Å². The van der Waals surface area contributed by atoms with E-state index in [0.29, 0.717) is 6.10 Å². The number of ether oxygens (including phenoxy) is 1. The largest absolute Gasteiger partial charge is 0.405 e. The first-order chi connectivity index (χ1) is 7.76. The molecule has 0 aromatic heterocycles. The Bertz CT molecular complexity index is 240. The number of likely N-dealkylation sites (tertiary alicyclic amines) is 1. The van der Waals surface area contributed by atoms with E-state index in [-0.39, 0.29) is 0 Å².